The van der Waals surface area contributed by atoms with Crippen molar-refractivity contribution in [2.24, 2.45) is 5.73 Å². The number of fused-ring (bicyclic) bond motifs is 1. The van der Waals surface area contributed by atoms with Gasteiger partial charge in [0.25, 0.3) is 5.56 Å². The fraction of sp³-hybridized carbons (Fsp3) is 0.200. The molecule has 3 aromatic rings. The number of halogens is 1. The van der Waals surface area contributed by atoms with Crippen LogP contribution in [0.25, 0.3) is 5.52 Å². The molecule has 0 fully saturated rings. The first kappa shape index (κ1) is 13.5. The molecular formula is C15H15FN4O. The Morgan fingerprint density at radius 2 is 2.05 bits per heavy atom. The lowest BCUT2D eigenvalue weighted by Gasteiger charge is -2.09. The number of hydrogen-bond acceptors (Lipinski definition) is 3. The maximum atomic E-state index is 14.2. The summed E-state index contributed by atoms with van der Waals surface area (Å²) >= 11 is 0. The lowest BCUT2D eigenvalue weighted by molar-refractivity contribution is 0.581. The average Bonchev–Trinajstić information content (AvgIpc) is 2.85. The molecule has 0 radical (unpaired) electrons. The van der Waals surface area contributed by atoms with E-state index in [4.69, 9.17) is 5.73 Å². The van der Waals surface area contributed by atoms with Crippen LogP contribution in [0.1, 0.15) is 16.8 Å². The Morgan fingerprint density at radius 3 is 2.81 bits per heavy atom. The molecule has 0 bridgehead atoms. The topological polar surface area (TPSA) is 65.3 Å². The van der Waals surface area contributed by atoms with Gasteiger partial charge in [0.15, 0.2) is 0 Å². The molecule has 2 N–H and O–H groups in total. The van der Waals surface area contributed by atoms with Crippen LogP contribution in [0.2, 0.25) is 0 Å². The van der Waals surface area contributed by atoms with Crippen molar-refractivity contribution in [1.29, 1.82) is 0 Å². The summed E-state index contributed by atoms with van der Waals surface area (Å²) in [6.07, 6.45) is 3.30. The van der Waals surface area contributed by atoms with Crippen LogP contribution >= 0.6 is 0 Å². The summed E-state index contributed by atoms with van der Waals surface area (Å²) in [7, 11) is 0. The van der Waals surface area contributed by atoms with Gasteiger partial charge in [0.2, 0.25) is 0 Å². The van der Waals surface area contributed by atoms with Crippen molar-refractivity contribution in [3.8, 4) is 0 Å². The van der Waals surface area contributed by atoms with Crippen molar-refractivity contribution in [2.75, 3.05) is 0 Å². The van der Waals surface area contributed by atoms with Gasteiger partial charge in [0.1, 0.15) is 11.3 Å². The zero-order valence-electron chi connectivity index (χ0n) is 11.6. The van der Waals surface area contributed by atoms with Gasteiger partial charge >= 0.3 is 0 Å². The van der Waals surface area contributed by atoms with Crippen molar-refractivity contribution in [2.45, 2.75) is 20.0 Å². The minimum absolute atomic E-state index is 0.134. The van der Waals surface area contributed by atoms with Gasteiger partial charge in [0, 0.05) is 30.1 Å². The molecule has 0 aliphatic heterocycles. The van der Waals surface area contributed by atoms with E-state index in [2.05, 4.69) is 5.10 Å². The summed E-state index contributed by atoms with van der Waals surface area (Å²) in [4.78, 5) is 12.4. The van der Waals surface area contributed by atoms with Gasteiger partial charge in [-0.15, -0.1) is 0 Å². The Balaban J connectivity index is 2.06. The summed E-state index contributed by atoms with van der Waals surface area (Å²) in [6, 6.07) is 6.76. The first-order chi connectivity index (χ1) is 10.1. The highest BCUT2D eigenvalue weighted by atomic mass is 19.1. The van der Waals surface area contributed by atoms with E-state index in [1.165, 1.54) is 9.08 Å². The number of rotatable bonds is 3. The van der Waals surface area contributed by atoms with Gasteiger partial charge in [0.05, 0.1) is 12.2 Å². The second-order valence-electron chi connectivity index (χ2n) is 4.94. The van der Waals surface area contributed by atoms with E-state index in [9.17, 15) is 9.18 Å². The van der Waals surface area contributed by atoms with E-state index >= 15 is 0 Å². The third-order valence-electron chi connectivity index (χ3n) is 3.44. The average molecular weight is 286 g/mol. The van der Waals surface area contributed by atoms with Crippen LogP contribution < -0.4 is 11.3 Å². The predicted molar refractivity (Wildman–Crippen MR) is 77.6 cm³/mol. The number of aryl methyl sites for hydroxylation is 1. The molecule has 0 spiro atoms. The van der Waals surface area contributed by atoms with E-state index in [-0.39, 0.29) is 24.5 Å². The molecule has 0 aliphatic rings. The number of hydrogen-bond donors (Lipinski definition) is 1. The Kier molecular flexibility index (Phi) is 3.31. The number of aromatic nitrogens is 3. The van der Waals surface area contributed by atoms with E-state index in [1.54, 1.807) is 36.7 Å². The third-order valence-corrected chi connectivity index (χ3v) is 3.44. The van der Waals surface area contributed by atoms with Crippen LogP contribution in [0.15, 0.2) is 41.5 Å². The number of nitrogens with two attached hydrogens (primary N) is 1. The van der Waals surface area contributed by atoms with E-state index in [0.29, 0.717) is 16.6 Å². The third kappa shape index (κ3) is 2.34. The van der Waals surface area contributed by atoms with Crippen LogP contribution in [0.4, 0.5) is 4.39 Å². The largest absolute Gasteiger partial charge is 0.326 e. The molecule has 2 aromatic heterocycles. The highest BCUT2D eigenvalue weighted by Gasteiger charge is 2.10. The standard InChI is InChI=1S/C15H15FN4O/c1-10-7-13-15(21)19(5-6-20(13)18-10)9-12-4-2-3-11(8-17)14(12)16/h2-7H,8-9,17H2,1H3. The molecule has 0 saturated carbocycles. The second-order valence-corrected chi connectivity index (χ2v) is 4.94. The van der Waals surface area contributed by atoms with Crippen LogP contribution in [0.5, 0.6) is 0 Å². The van der Waals surface area contributed by atoms with Gasteiger partial charge < -0.3 is 10.3 Å². The maximum absolute atomic E-state index is 14.2. The van der Waals surface area contributed by atoms with Crippen molar-refractivity contribution in [3.05, 3.63) is 69.7 Å². The highest BCUT2D eigenvalue weighted by Crippen LogP contribution is 2.13. The zero-order chi connectivity index (χ0) is 15.0. The van der Waals surface area contributed by atoms with Crippen molar-refractivity contribution in [1.82, 2.24) is 14.2 Å². The quantitative estimate of drug-likeness (QED) is 0.792. The Hall–Kier alpha value is -2.47. The highest BCUT2D eigenvalue weighted by molar-refractivity contribution is 5.45. The monoisotopic (exact) mass is 286 g/mol. The van der Waals surface area contributed by atoms with Crippen LogP contribution in [-0.2, 0) is 13.1 Å². The van der Waals surface area contributed by atoms with Crippen molar-refractivity contribution >= 4 is 5.52 Å². The van der Waals surface area contributed by atoms with Crippen LogP contribution in [0, 0.1) is 12.7 Å². The summed E-state index contributed by atoms with van der Waals surface area (Å²) in [6.45, 7) is 2.12. The summed E-state index contributed by atoms with van der Waals surface area (Å²) in [5.74, 6) is -0.350. The van der Waals surface area contributed by atoms with Gasteiger partial charge in [-0.05, 0) is 13.0 Å². The number of nitrogens with zero attached hydrogens (tertiary/aromatic N) is 3. The van der Waals surface area contributed by atoms with E-state index in [0.717, 1.165) is 5.69 Å². The fourth-order valence-corrected chi connectivity index (χ4v) is 2.37. The first-order valence-corrected chi connectivity index (χ1v) is 6.62. The minimum Gasteiger partial charge on any atom is -0.326 e. The summed E-state index contributed by atoms with van der Waals surface area (Å²) in [5.41, 5.74) is 7.43. The number of benzene rings is 1. The molecule has 0 aliphatic carbocycles. The SMILES string of the molecule is Cc1cc2c(=O)n(Cc3cccc(CN)c3F)ccn2n1. The summed E-state index contributed by atoms with van der Waals surface area (Å²) in [5, 5.41) is 4.18. The molecule has 0 amide bonds. The molecule has 5 nitrogen and oxygen atoms in total. The second kappa shape index (κ2) is 5.14. The Morgan fingerprint density at radius 1 is 1.29 bits per heavy atom. The first-order valence-electron chi connectivity index (χ1n) is 6.62. The Labute approximate surface area is 120 Å². The lowest BCUT2D eigenvalue weighted by atomic mass is 10.1. The minimum atomic E-state index is -0.350. The zero-order valence-corrected chi connectivity index (χ0v) is 11.6. The fourth-order valence-electron chi connectivity index (χ4n) is 2.37. The van der Waals surface area contributed by atoms with Crippen LogP contribution in [-0.4, -0.2) is 14.2 Å². The van der Waals surface area contributed by atoms with Crippen molar-refractivity contribution in [3.63, 3.8) is 0 Å². The molecule has 2 heterocycles. The van der Waals surface area contributed by atoms with Crippen molar-refractivity contribution < 1.29 is 4.39 Å². The summed E-state index contributed by atoms with van der Waals surface area (Å²) < 4.78 is 17.2. The van der Waals surface area contributed by atoms with E-state index < -0.39 is 0 Å². The molecule has 0 saturated heterocycles. The molecule has 21 heavy (non-hydrogen) atoms. The van der Waals surface area contributed by atoms with Gasteiger partial charge in [-0.25, -0.2) is 8.91 Å². The molecule has 3 rings (SSSR count). The maximum Gasteiger partial charge on any atom is 0.276 e. The normalized spacial score (nSPS) is 11.2. The molecule has 0 unspecified atom stereocenters. The van der Waals surface area contributed by atoms with Crippen LogP contribution in [0.3, 0.4) is 0 Å². The van der Waals surface area contributed by atoms with Gasteiger partial charge in [-0.3, -0.25) is 4.79 Å². The molecule has 1 aromatic carbocycles. The van der Waals surface area contributed by atoms with Gasteiger partial charge in [-0.1, -0.05) is 18.2 Å². The molecule has 6 heteroatoms. The molecular weight excluding hydrogens is 271 g/mol. The molecule has 0 atom stereocenters. The van der Waals surface area contributed by atoms with E-state index in [1.807, 2.05) is 6.92 Å². The smallest absolute Gasteiger partial charge is 0.276 e. The molecule has 108 valence electrons. The van der Waals surface area contributed by atoms with Gasteiger partial charge in [-0.2, -0.15) is 5.10 Å². The lowest BCUT2D eigenvalue weighted by Crippen LogP contribution is -2.22. The predicted octanol–water partition coefficient (Wildman–Crippen LogP) is 1.45. The Bertz CT molecular complexity index is 866.